The number of pyridine rings is 1. The highest BCUT2D eigenvalue weighted by Gasteiger charge is 2.46. The summed E-state index contributed by atoms with van der Waals surface area (Å²) in [6.45, 7) is 5.24. The van der Waals surface area contributed by atoms with Crippen molar-refractivity contribution < 1.29 is 14.3 Å². The van der Waals surface area contributed by atoms with Crippen LogP contribution in [0.2, 0.25) is 0 Å². The SMILES string of the molecule is CCC(CC)C(=O)N1CCO[C@@](Cc2ccc(-c3cccnc3)cc2)(C(=O)N(C)C)C1. The normalized spacial score (nSPS) is 18.8. The number of hydrogen-bond donors (Lipinski definition) is 0. The third-order valence-electron chi connectivity index (χ3n) is 6.07. The van der Waals surface area contributed by atoms with Gasteiger partial charge in [0.05, 0.1) is 13.2 Å². The van der Waals surface area contributed by atoms with E-state index in [-0.39, 0.29) is 24.3 Å². The highest BCUT2D eigenvalue weighted by Crippen LogP contribution is 2.28. The van der Waals surface area contributed by atoms with Gasteiger partial charge in [0.2, 0.25) is 5.91 Å². The van der Waals surface area contributed by atoms with Crippen LogP contribution in [0.15, 0.2) is 48.8 Å². The molecule has 2 amide bonds. The molecule has 0 spiro atoms. The molecule has 0 aliphatic carbocycles. The molecule has 0 bridgehead atoms. The summed E-state index contributed by atoms with van der Waals surface area (Å²) in [5.41, 5.74) is 2.04. The Morgan fingerprint density at radius 2 is 1.84 bits per heavy atom. The minimum absolute atomic E-state index is 0.0102. The van der Waals surface area contributed by atoms with Crippen LogP contribution in [0, 0.1) is 5.92 Å². The van der Waals surface area contributed by atoms with Crippen LogP contribution in [0.4, 0.5) is 0 Å². The fraction of sp³-hybridized carbons (Fsp3) is 0.480. The summed E-state index contributed by atoms with van der Waals surface area (Å²) in [6.07, 6.45) is 5.61. The lowest BCUT2D eigenvalue weighted by atomic mass is 9.89. The molecule has 166 valence electrons. The molecule has 3 rings (SSSR count). The van der Waals surface area contributed by atoms with Gasteiger partial charge in [-0.2, -0.15) is 0 Å². The number of rotatable bonds is 7. The first-order chi connectivity index (χ1) is 14.9. The smallest absolute Gasteiger partial charge is 0.256 e. The van der Waals surface area contributed by atoms with Gasteiger partial charge in [0.25, 0.3) is 5.91 Å². The first-order valence-electron chi connectivity index (χ1n) is 11.0. The zero-order chi connectivity index (χ0) is 22.4. The van der Waals surface area contributed by atoms with Crippen LogP contribution in [0.25, 0.3) is 11.1 Å². The minimum Gasteiger partial charge on any atom is -0.361 e. The Morgan fingerprint density at radius 3 is 2.42 bits per heavy atom. The molecule has 6 heteroatoms. The Hall–Kier alpha value is -2.73. The highest BCUT2D eigenvalue weighted by molar-refractivity contribution is 5.87. The van der Waals surface area contributed by atoms with E-state index in [0.29, 0.717) is 19.6 Å². The molecule has 1 atom stereocenters. The number of likely N-dealkylation sites (N-methyl/N-ethyl adjacent to an activating group) is 1. The van der Waals surface area contributed by atoms with Crippen LogP contribution in [0.3, 0.4) is 0 Å². The molecule has 6 nitrogen and oxygen atoms in total. The zero-order valence-electron chi connectivity index (χ0n) is 19.0. The number of hydrogen-bond acceptors (Lipinski definition) is 4. The maximum Gasteiger partial charge on any atom is 0.256 e. The third kappa shape index (κ3) is 5.13. The lowest BCUT2D eigenvalue weighted by Crippen LogP contribution is -2.62. The number of morpholine rings is 1. The molecule has 2 aromatic rings. The molecule has 1 saturated heterocycles. The molecular formula is C25H33N3O3. The van der Waals surface area contributed by atoms with Crippen molar-refractivity contribution in [2.45, 2.75) is 38.7 Å². The van der Waals surface area contributed by atoms with E-state index in [2.05, 4.69) is 4.98 Å². The van der Waals surface area contributed by atoms with E-state index in [1.165, 1.54) is 0 Å². The second-order valence-corrected chi connectivity index (χ2v) is 8.43. The third-order valence-corrected chi connectivity index (χ3v) is 6.07. The molecule has 1 aromatic carbocycles. The quantitative estimate of drug-likeness (QED) is 0.685. The Balaban J connectivity index is 1.85. The Bertz CT molecular complexity index is 879. The molecule has 0 unspecified atom stereocenters. The van der Waals surface area contributed by atoms with Gasteiger partial charge in [0.15, 0.2) is 5.60 Å². The average molecular weight is 424 g/mol. The lowest BCUT2D eigenvalue weighted by Gasteiger charge is -2.43. The van der Waals surface area contributed by atoms with Crippen molar-refractivity contribution in [2.75, 3.05) is 33.8 Å². The van der Waals surface area contributed by atoms with Crippen molar-refractivity contribution in [3.63, 3.8) is 0 Å². The van der Waals surface area contributed by atoms with Gasteiger partial charge in [-0.3, -0.25) is 14.6 Å². The average Bonchev–Trinajstić information content (AvgIpc) is 2.80. The maximum absolute atomic E-state index is 13.2. The number of amides is 2. The zero-order valence-corrected chi connectivity index (χ0v) is 19.0. The van der Waals surface area contributed by atoms with Crippen LogP contribution in [0.5, 0.6) is 0 Å². The van der Waals surface area contributed by atoms with Crippen molar-refractivity contribution in [3.8, 4) is 11.1 Å². The molecule has 31 heavy (non-hydrogen) atoms. The minimum atomic E-state index is -1.07. The summed E-state index contributed by atoms with van der Waals surface area (Å²) in [7, 11) is 3.47. The van der Waals surface area contributed by atoms with Crippen LogP contribution >= 0.6 is 0 Å². The predicted octanol–water partition coefficient (Wildman–Crippen LogP) is 3.41. The maximum atomic E-state index is 13.2. The Kier molecular flexibility index (Phi) is 7.44. The van der Waals surface area contributed by atoms with Crippen LogP contribution in [-0.2, 0) is 20.7 Å². The molecule has 0 N–H and O–H groups in total. The molecule has 1 aliphatic rings. The van der Waals surface area contributed by atoms with Gasteiger partial charge < -0.3 is 14.5 Å². The summed E-state index contributed by atoms with van der Waals surface area (Å²) in [4.78, 5) is 33.8. The topological polar surface area (TPSA) is 62.7 Å². The van der Waals surface area contributed by atoms with Crippen molar-refractivity contribution in [1.82, 2.24) is 14.8 Å². The first kappa shape index (κ1) is 22.9. The van der Waals surface area contributed by atoms with Gasteiger partial charge in [-0.25, -0.2) is 0 Å². The molecule has 0 saturated carbocycles. The molecule has 2 heterocycles. The first-order valence-corrected chi connectivity index (χ1v) is 11.0. The number of aromatic nitrogens is 1. The lowest BCUT2D eigenvalue weighted by molar-refractivity contribution is -0.174. The van der Waals surface area contributed by atoms with Gasteiger partial charge in [0.1, 0.15) is 0 Å². The predicted molar refractivity (Wildman–Crippen MR) is 121 cm³/mol. The summed E-state index contributed by atoms with van der Waals surface area (Å²) >= 11 is 0. The van der Waals surface area contributed by atoms with Crippen molar-refractivity contribution >= 4 is 11.8 Å². The van der Waals surface area contributed by atoms with Crippen molar-refractivity contribution in [1.29, 1.82) is 0 Å². The Labute approximate surface area is 185 Å². The van der Waals surface area contributed by atoms with E-state index in [4.69, 9.17) is 4.74 Å². The van der Waals surface area contributed by atoms with Gasteiger partial charge in [-0.15, -0.1) is 0 Å². The number of carbonyl (C=O) groups is 2. The Morgan fingerprint density at radius 1 is 1.13 bits per heavy atom. The van der Waals surface area contributed by atoms with E-state index in [1.807, 2.05) is 61.3 Å². The van der Waals surface area contributed by atoms with E-state index in [1.54, 1.807) is 25.2 Å². The molecular weight excluding hydrogens is 390 g/mol. The summed E-state index contributed by atoms with van der Waals surface area (Å²) in [6, 6.07) is 12.1. The van der Waals surface area contributed by atoms with Crippen LogP contribution in [0.1, 0.15) is 32.3 Å². The van der Waals surface area contributed by atoms with Gasteiger partial charge >= 0.3 is 0 Å². The number of nitrogens with zero attached hydrogens (tertiary/aromatic N) is 3. The summed E-state index contributed by atoms with van der Waals surface area (Å²) < 4.78 is 6.14. The highest BCUT2D eigenvalue weighted by atomic mass is 16.5. The van der Waals surface area contributed by atoms with Crippen LogP contribution < -0.4 is 0 Å². The molecule has 0 radical (unpaired) electrons. The summed E-state index contributed by atoms with van der Waals surface area (Å²) in [5, 5.41) is 0. The second-order valence-electron chi connectivity index (χ2n) is 8.43. The van der Waals surface area contributed by atoms with Crippen molar-refractivity contribution in [2.24, 2.45) is 5.92 Å². The molecule has 1 aromatic heterocycles. The standard InChI is InChI=1S/C25H33N3O3/c1-5-20(6-2)23(29)28-14-15-31-25(18-28,24(30)27(3)4)16-19-9-11-21(12-10-19)22-8-7-13-26-17-22/h7-13,17,20H,5-6,14-16,18H2,1-4H3/t25-/m1/s1. The number of benzene rings is 1. The van der Waals surface area contributed by atoms with Crippen LogP contribution in [-0.4, -0.2) is 66.0 Å². The van der Waals surface area contributed by atoms with E-state index in [0.717, 1.165) is 29.5 Å². The van der Waals surface area contributed by atoms with Crippen molar-refractivity contribution in [3.05, 3.63) is 54.4 Å². The summed E-state index contributed by atoms with van der Waals surface area (Å²) in [5.74, 6) is 0.00561. The van der Waals surface area contributed by atoms with Gasteiger partial charge in [0, 0.05) is 45.4 Å². The van der Waals surface area contributed by atoms with Gasteiger partial charge in [-0.05, 0) is 35.6 Å². The monoisotopic (exact) mass is 423 g/mol. The molecule has 1 fully saturated rings. The van der Waals surface area contributed by atoms with E-state index >= 15 is 0 Å². The fourth-order valence-corrected chi connectivity index (χ4v) is 4.27. The molecule has 1 aliphatic heterocycles. The second kappa shape index (κ2) is 10.1. The number of ether oxygens (including phenoxy) is 1. The fourth-order valence-electron chi connectivity index (χ4n) is 4.27. The number of carbonyl (C=O) groups excluding carboxylic acids is 2. The van der Waals surface area contributed by atoms with E-state index in [9.17, 15) is 9.59 Å². The van der Waals surface area contributed by atoms with Gasteiger partial charge in [-0.1, -0.05) is 44.2 Å². The van der Waals surface area contributed by atoms with E-state index < -0.39 is 5.60 Å². The largest absolute Gasteiger partial charge is 0.361 e.